The van der Waals surface area contributed by atoms with Crippen molar-refractivity contribution in [3.63, 3.8) is 0 Å². The highest BCUT2D eigenvalue weighted by molar-refractivity contribution is 5.73. The number of hydrogen-bond acceptors (Lipinski definition) is 4. The van der Waals surface area contributed by atoms with E-state index < -0.39 is 0 Å². The van der Waals surface area contributed by atoms with Gasteiger partial charge in [-0.2, -0.15) is 5.26 Å². The number of carbonyl (C=O) groups is 1. The number of aryl methyl sites for hydroxylation is 1. The van der Waals surface area contributed by atoms with E-state index in [-0.39, 0.29) is 5.91 Å². The Labute approximate surface area is 119 Å². The summed E-state index contributed by atoms with van der Waals surface area (Å²) in [4.78, 5) is 19.8. The Morgan fingerprint density at radius 1 is 1.45 bits per heavy atom. The van der Waals surface area contributed by atoms with Gasteiger partial charge in [0.25, 0.3) is 0 Å². The molecule has 0 atom stereocenters. The fourth-order valence-corrected chi connectivity index (χ4v) is 2.55. The number of pyridine rings is 1. The van der Waals surface area contributed by atoms with E-state index >= 15 is 0 Å². The van der Waals surface area contributed by atoms with E-state index in [0.717, 1.165) is 37.3 Å². The van der Waals surface area contributed by atoms with Crippen LogP contribution >= 0.6 is 0 Å². The van der Waals surface area contributed by atoms with Gasteiger partial charge in [-0.1, -0.05) is 6.07 Å². The van der Waals surface area contributed by atoms with Gasteiger partial charge >= 0.3 is 0 Å². The minimum absolute atomic E-state index is 0.115. The van der Waals surface area contributed by atoms with Crippen molar-refractivity contribution in [1.29, 1.82) is 5.26 Å². The molecule has 0 aliphatic carbocycles. The number of carbonyl (C=O) groups excluding carboxylic acids is 1. The minimum Gasteiger partial charge on any atom is -0.356 e. The average Bonchev–Trinajstić information content (AvgIpc) is 2.47. The van der Waals surface area contributed by atoms with Crippen LogP contribution in [0, 0.1) is 18.3 Å². The van der Waals surface area contributed by atoms with Crippen molar-refractivity contribution in [3.8, 4) is 6.07 Å². The highest BCUT2D eigenvalue weighted by atomic mass is 16.2. The highest BCUT2D eigenvalue weighted by Crippen LogP contribution is 2.21. The Bertz CT molecular complexity index is 541. The molecule has 2 rings (SSSR count). The summed E-state index contributed by atoms with van der Waals surface area (Å²) in [5.74, 6) is 0.972. The van der Waals surface area contributed by atoms with E-state index in [1.807, 2.05) is 31.0 Å². The van der Waals surface area contributed by atoms with Crippen LogP contribution in [0.5, 0.6) is 0 Å². The second-order valence-corrected chi connectivity index (χ2v) is 5.29. The van der Waals surface area contributed by atoms with Gasteiger partial charge in [0, 0.05) is 33.1 Å². The largest absolute Gasteiger partial charge is 0.356 e. The Morgan fingerprint density at radius 3 is 2.65 bits per heavy atom. The molecular formula is C15H20N4O. The van der Waals surface area contributed by atoms with Gasteiger partial charge in [-0.25, -0.2) is 4.98 Å². The third-order valence-electron chi connectivity index (χ3n) is 4.02. The third kappa shape index (κ3) is 2.90. The summed E-state index contributed by atoms with van der Waals surface area (Å²) < 4.78 is 0. The molecule has 0 spiro atoms. The van der Waals surface area contributed by atoms with Crippen LogP contribution in [0.15, 0.2) is 12.1 Å². The van der Waals surface area contributed by atoms with E-state index in [9.17, 15) is 4.79 Å². The Morgan fingerprint density at radius 2 is 2.10 bits per heavy atom. The highest BCUT2D eigenvalue weighted by Gasteiger charge is 2.24. The normalized spacial score (nSPS) is 15.8. The monoisotopic (exact) mass is 272 g/mol. The van der Waals surface area contributed by atoms with Crippen molar-refractivity contribution in [1.82, 2.24) is 9.88 Å². The number of aromatic nitrogens is 1. The lowest BCUT2D eigenvalue weighted by Gasteiger charge is -2.37. The fraction of sp³-hybridized carbons (Fsp3) is 0.533. The van der Waals surface area contributed by atoms with Gasteiger partial charge < -0.3 is 9.80 Å². The lowest BCUT2D eigenvalue weighted by Crippen LogP contribution is -2.45. The second-order valence-electron chi connectivity index (χ2n) is 5.29. The third-order valence-corrected chi connectivity index (χ3v) is 4.02. The average molecular weight is 272 g/mol. The molecule has 1 aliphatic rings. The zero-order valence-electron chi connectivity index (χ0n) is 12.3. The van der Waals surface area contributed by atoms with Crippen molar-refractivity contribution in [2.45, 2.75) is 32.7 Å². The summed E-state index contributed by atoms with van der Waals surface area (Å²) in [5, 5.41) is 9.04. The molecule has 0 unspecified atom stereocenters. The standard InChI is InChI=1S/C15H20N4O/c1-11-4-5-15(17-14(11)10-16)19-8-6-13(7-9-19)18(3)12(2)20/h4-5,13H,6-9H2,1-3H3. The van der Waals surface area contributed by atoms with Crippen LogP contribution in [0.25, 0.3) is 0 Å². The molecule has 1 amide bonds. The molecule has 0 N–H and O–H groups in total. The lowest BCUT2D eigenvalue weighted by atomic mass is 10.0. The number of piperidine rings is 1. The van der Waals surface area contributed by atoms with Gasteiger partial charge in [0.2, 0.25) is 5.91 Å². The fourth-order valence-electron chi connectivity index (χ4n) is 2.55. The number of nitriles is 1. The van der Waals surface area contributed by atoms with Crippen molar-refractivity contribution in [2.24, 2.45) is 0 Å². The molecule has 1 aromatic rings. The Balaban J connectivity index is 2.04. The van der Waals surface area contributed by atoms with Crippen LogP contribution < -0.4 is 4.90 Å². The van der Waals surface area contributed by atoms with Crippen molar-refractivity contribution in [2.75, 3.05) is 25.0 Å². The predicted octanol–water partition coefficient (Wildman–Crippen LogP) is 1.71. The molecule has 20 heavy (non-hydrogen) atoms. The molecule has 1 aromatic heterocycles. The first kappa shape index (κ1) is 14.3. The Hall–Kier alpha value is -2.09. The van der Waals surface area contributed by atoms with Gasteiger partial charge in [-0.15, -0.1) is 0 Å². The molecule has 0 aromatic carbocycles. The first-order chi connectivity index (χ1) is 9.52. The molecule has 2 heterocycles. The minimum atomic E-state index is 0.115. The molecule has 0 bridgehead atoms. The molecule has 1 aliphatic heterocycles. The maximum Gasteiger partial charge on any atom is 0.219 e. The smallest absolute Gasteiger partial charge is 0.219 e. The van der Waals surface area contributed by atoms with Gasteiger partial charge in [0.05, 0.1) is 0 Å². The van der Waals surface area contributed by atoms with E-state index in [1.165, 1.54) is 0 Å². The number of rotatable bonds is 2. The summed E-state index contributed by atoms with van der Waals surface area (Å²) in [6.45, 7) is 5.23. The van der Waals surface area contributed by atoms with Crippen LogP contribution in [0.3, 0.4) is 0 Å². The number of hydrogen-bond donors (Lipinski definition) is 0. The SMILES string of the molecule is CC(=O)N(C)C1CCN(c2ccc(C)c(C#N)n2)CC1. The van der Waals surface area contributed by atoms with E-state index in [0.29, 0.717) is 11.7 Å². The van der Waals surface area contributed by atoms with Gasteiger partial charge in [-0.3, -0.25) is 4.79 Å². The quantitative estimate of drug-likeness (QED) is 0.822. The molecule has 5 nitrogen and oxygen atoms in total. The summed E-state index contributed by atoms with van der Waals surface area (Å²) in [7, 11) is 1.86. The molecule has 5 heteroatoms. The molecule has 0 saturated carbocycles. The summed E-state index contributed by atoms with van der Waals surface area (Å²) >= 11 is 0. The zero-order valence-corrected chi connectivity index (χ0v) is 12.3. The number of anilines is 1. The predicted molar refractivity (Wildman–Crippen MR) is 77.4 cm³/mol. The van der Waals surface area contributed by atoms with Crippen molar-refractivity contribution < 1.29 is 4.79 Å². The van der Waals surface area contributed by atoms with Gasteiger partial charge in [0.1, 0.15) is 17.6 Å². The van der Waals surface area contributed by atoms with Crippen LogP contribution in [0.1, 0.15) is 31.0 Å². The van der Waals surface area contributed by atoms with Crippen LogP contribution in [-0.4, -0.2) is 42.0 Å². The van der Waals surface area contributed by atoms with E-state index in [2.05, 4.69) is 16.0 Å². The van der Waals surface area contributed by atoms with E-state index in [1.54, 1.807) is 6.92 Å². The maximum atomic E-state index is 11.4. The number of nitrogens with zero attached hydrogens (tertiary/aromatic N) is 4. The maximum absolute atomic E-state index is 11.4. The summed E-state index contributed by atoms with van der Waals surface area (Å²) in [6.07, 6.45) is 1.88. The zero-order chi connectivity index (χ0) is 14.7. The number of amides is 1. The summed E-state index contributed by atoms with van der Waals surface area (Å²) in [5.41, 5.74) is 1.40. The Kier molecular flexibility index (Phi) is 4.23. The van der Waals surface area contributed by atoms with Crippen LogP contribution in [0.2, 0.25) is 0 Å². The first-order valence-corrected chi connectivity index (χ1v) is 6.89. The van der Waals surface area contributed by atoms with E-state index in [4.69, 9.17) is 5.26 Å². The second kappa shape index (κ2) is 5.91. The van der Waals surface area contributed by atoms with Gasteiger partial charge in [0.15, 0.2) is 0 Å². The molecular weight excluding hydrogens is 252 g/mol. The van der Waals surface area contributed by atoms with Crippen molar-refractivity contribution in [3.05, 3.63) is 23.4 Å². The topological polar surface area (TPSA) is 60.2 Å². The van der Waals surface area contributed by atoms with Gasteiger partial charge in [-0.05, 0) is 31.4 Å². The van der Waals surface area contributed by atoms with Crippen LogP contribution in [0.4, 0.5) is 5.82 Å². The lowest BCUT2D eigenvalue weighted by molar-refractivity contribution is -0.129. The van der Waals surface area contributed by atoms with Crippen LogP contribution in [-0.2, 0) is 4.79 Å². The molecule has 0 radical (unpaired) electrons. The molecule has 1 saturated heterocycles. The first-order valence-electron chi connectivity index (χ1n) is 6.89. The summed E-state index contributed by atoms with van der Waals surface area (Å²) in [6, 6.07) is 6.34. The molecule has 106 valence electrons. The molecule has 1 fully saturated rings. The van der Waals surface area contributed by atoms with Crippen molar-refractivity contribution >= 4 is 11.7 Å².